The van der Waals surface area contributed by atoms with E-state index in [1.54, 1.807) is 0 Å². The maximum Gasteiger partial charge on any atom is 0.414 e. The van der Waals surface area contributed by atoms with Crippen LogP contribution < -0.4 is 10.2 Å². The number of cyclic esters (lactones) is 1. The summed E-state index contributed by atoms with van der Waals surface area (Å²) in [5.74, 6) is -0.386. The molecule has 2 fully saturated rings. The third-order valence-electron chi connectivity index (χ3n) is 4.39. The summed E-state index contributed by atoms with van der Waals surface area (Å²) in [6, 6.07) is 7.42. The number of rotatable bonds is 6. The molecule has 1 heterocycles. The van der Waals surface area contributed by atoms with Gasteiger partial charge in [-0.05, 0) is 24.3 Å². The van der Waals surface area contributed by atoms with E-state index < -0.39 is 23.0 Å². The van der Waals surface area contributed by atoms with Crippen molar-refractivity contribution in [1.82, 2.24) is 5.32 Å². The lowest BCUT2D eigenvalue weighted by Gasteiger charge is -2.14. The number of hydrogen-bond donors (Lipinski definition) is 1. The summed E-state index contributed by atoms with van der Waals surface area (Å²) in [4.78, 5) is 28.8. The van der Waals surface area contributed by atoms with Gasteiger partial charge in [-0.25, -0.2) is 11.4 Å². The lowest BCUT2D eigenvalue weighted by Crippen LogP contribution is -2.36. The molecule has 2 amide bonds. The van der Waals surface area contributed by atoms with Crippen LogP contribution in [0.3, 0.4) is 0 Å². The Morgan fingerprint density at radius 3 is 2.68 bits per heavy atom. The summed E-state index contributed by atoms with van der Waals surface area (Å²) >= 11 is 0. The van der Waals surface area contributed by atoms with Crippen LogP contribution in [0.5, 0.6) is 0 Å². The van der Waals surface area contributed by atoms with Gasteiger partial charge in [-0.2, -0.15) is 0 Å². The molecule has 25 heavy (non-hydrogen) atoms. The lowest BCUT2D eigenvalue weighted by molar-refractivity contribution is -0.118. The Kier molecular flexibility index (Phi) is 4.77. The zero-order valence-corrected chi connectivity index (χ0v) is 14.7. The lowest BCUT2D eigenvalue weighted by atomic mass is 10.1. The van der Waals surface area contributed by atoms with E-state index in [1.807, 2.05) is 24.3 Å². The second kappa shape index (κ2) is 6.84. The molecule has 1 aromatic rings. The van der Waals surface area contributed by atoms with Gasteiger partial charge in [-0.3, -0.25) is 13.9 Å². The van der Waals surface area contributed by atoms with Crippen molar-refractivity contribution < 1.29 is 18.5 Å². The molecule has 0 aromatic heterocycles. The Labute approximate surface area is 148 Å². The van der Waals surface area contributed by atoms with E-state index in [1.165, 1.54) is 11.2 Å². The van der Waals surface area contributed by atoms with Crippen LogP contribution in [0.1, 0.15) is 18.4 Å². The Hall–Kier alpha value is -2.40. The monoisotopic (exact) mass is 361 g/mol. The minimum absolute atomic E-state index is 0.0609. The summed E-state index contributed by atoms with van der Waals surface area (Å²) < 4.78 is 16.3. The Morgan fingerprint density at radius 2 is 2.12 bits per heavy atom. The van der Waals surface area contributed by atoms with E-state index in [0.29, 0.717) is 12.2 Å². The molecule has 0 radical (unpaired) electrons. The fourth-order valence-corrected chi connectivity index (χ4v) is 3.31. The van der Waals surface area contributed by atoms with E-state index in [4.69, 9.17) is 11.3 Å². The fraction of sp³-hybridized carbons (Fsp3) is 0.471. The number of ether oxygens (including phenoxy) is 1. The predicted molar refractivity (Wildman–Crippen MR) is 93.5 cm³/mol. The minimum Gasteiger partial charge on any atom is -0.442 e. The predicted octanol–water partition coefficient (Wildman–Crippen LogP) is 1.41. The molecule has 1 saturated carbocycles. The van der Waals surface area contributed by atoms with Crippen molar-refractivity contribution in [3.05, 3.63) is 41.2 Å². The average Bonchev–Trinajstić information content (AvgIpc) is 3.30. The smallest absolute Gasteiger partial charge is 0.414 e. The van der Waals surface area contributed by atoms with Gasteiger partial charge >= 0.3 is 6.09 Å². The van der Waals surface area contributed by atoms with Gasteiger partial charge in [0, 0.05) is 41.1 Å². The summed E-state index contributed by atoms with van der Waals surface area (Å²) in [5.41, 5.74) is 1.32. The van der Waals surface area contributed by atoms with Gasteiger partial charge in [-0.1, -0.05) is 0 Å². The fourth-order valence-electron chi connectivity index (χ4n) is 2.84. The van der Waals surface area contributed by atoms with E-state index in [9.17, 15) is 13.8 Å². The summed E-state index contributed by atoms with van der Waals surface area (Å²) in [7, 11) is -1.20. The van der Waals surface area contributed by atoms with Crippen LogP contribution in [-0.4, -0.2) is 47.4 Å². The molecule has 1 aliphatic carbocycles. The first kappa shape index (κ1) is 17.4. The van der Waals surface area contributed by atoms with Gasteiger partial charge in [0.15, 0.2) is 0 Å². The molecule has 2 aliphatic rings. The van der Waals surface area contributed by atoms with E-state index in [2.05, 4.69) is 10.2 Å². The molecule has 7 nitrogen and oxygen atoms in total. The van der Waals surface area contributed by atoms with Crippen LogP contribution in [-0.2, 0) is 25.9 Å². The zero-order valence-electron chi connectivity index (χ0n) is 13.9. The number of carbonyl (C=O) groups excluding carboxylic acids is 2. The Bertz CT molecular complexity index is 752. The number of nitrogens with zero attached hydrogens (tertiary/aromatic N) is 2. The number of amides is 2. The highest BCUT2D eigenvalue weighted by molar-refractivity contribution is 7.85. The van der Waals surface area contributed by atoms with Crippen molar-refractivity contribution in [3.63, 3.8) is 0 Å². The third kappa shape index (κ3) is 3.82. The number of hydrogen-bond acceptors (Lipinski definition) is 4. The highest BCUT2D eigenvalue weighted by Crippen LogP contribution is 2.49. The normalized spacial score (nSPS) is 22.0. The first-order chi connectivity index (χ1) is 11.9. The van der Waals surface area contributed by atoms with Gasteiger partial charge in [0.2, 0.25) is 5.91 Å². The van der Waals surface area contributed by atoms with Crippen LogP contribution in [0, 0.1) is 6.57 Å². The first-order valence-corrected chi connectivity index (χ1v) is 9.70. The Balaban J connectivity index is 1.58. The maximum atomic E-state index is 12.1. The molecule has 1 saturated heterocycles. The quantitative estimate of drug-likeness (QED) is 0.777. The molecule has 2 atom stereocenters. The SMILES string of the molecule is [C-]#[N+]C1(c2ccc(N3CC(CNC(=O)CS(C)=O)OC3=O)cc2)CC1. The van der Waals surface area contributed by atoms with Crippen LogP contribution in [0.15, 0.2) is 24.3 Å². The molecule has 1 aliphatic heterocycles. The molecule has 1 N–H and O–H groups in total. The summed E-state index contributed by atoms with van der Waals surface area (Å²) in [5, 5.41) is 2.62. The molecule has 8 heteroatoms. The standard InChI is InChI=1S/C17H19N3O4S/c1-18-17(7-8-17)12-3-5-13(6-4-12)20-10-14(24-16(20)22)9-19-15(21)11-25(2)23/h3-6,14H,7-11H2,2H3,(H,19,21). The van der Waals surface area contributed by atoms with Crippen LogP contribution in [0.4, 0.5) is 10.5 Å². The summed E-state index contributed by atoms with van der Waals surface area (Å²) in [6.07, 6.45) is 2.31. The number of carbonyl (C=O) groups is 2. The van der Waals surface area contributed by atoms with E-state index in [-0.39, 0.29) is 23.7 Å². The zero-order chi connectivity index (χ0) is 18.0. The summed E-state index contributed by atoms with van der Waals surface area (Å²) in [6.45, 7) is 7.82. The molecular formula is C17H19N3O4S. The number of nitrogens with one attached hydrogen (secondary N) is 1. The van der Waals surface area contributed by atoms with Crippen molar-refractivity contribution in [1.29, 1.82) is 0 Å². The van der Waals surface area contributed by atoms with Crippen molar-refractivity contribution in [2.24, 2.45) is 0 Å². The molecule has 0 bridgehead atoms. The van der Waals surface area contributed by atoms with Gasteiger partial charge < -0.3 is 14.9 Å². The van der Waals surface area contributed by atoms with Crippen molar-refractivity contribution in [2.75, 3.05) is 30.0 Å². The minimum atomic E-state index is -1.20. The number of benzene rings is 1. The molecule has 0 spiro atoms. The van der Waals surface area contributed by atoms with E-state index in [0.717, 1.165) is 18.4 Å². The molecule has 132 valence electrons. The molecule has 3 rings (SSSR count). The van der Waals surface area contributed by atoms with Crippen LogP contribution in [0.25, 0.3) is 4.85 Å². The van der Waals surface area contributed by atoms with Crippen LogP contribution >= 0.6 is 0 Å². The van der Waals surface area contributed by atoms with Crippen LogP contribution in [0.2, 0.25) is 0 Å². The second-order valence-corrected chi connectivity index (χ2v) is 7.76. The average molecular weight is 361 g/mol. The molecular weight excluding hydrogens is 342 g/mol. The topological polar surface area (TPSA) is 80.1 Å². The van der Waals surface area contributed by atoms with Gasteiger partial charge in [-0.15, -0.1) is 0 Å². The van der Waals surface area contributed by atoms with Gasteiger partial charge in [0.05, 0.1) is 13.1 Å². The third-order valence-corrected chi connectivity index (χ3v) is 5.06. The second-order valence-electron chi connectivity index (χ2n) is 6.33. The van der Waals surface area contributed by atoms with Gasteiger partial charge in [0.1, 0.15) is 11.9 Å². The van der Waals surface area contributed by atoms with Crippen molar-refractivity contribution >= 4 is 28.5 Å². The molecule has 1 aromatic carbocycles. The maximum absolute atomic E-state index is 12.1. The highest BCUT2D eigenvalue weighted by Gasteiger charge is 2.52. The molecule has 2 unspecified atom stereocenters. The highest BCUT2D eigenvalue weighted by atomic mass is 32.2. The van der Waals surface area contributed by atoms with Crippen molar-refractivity contribution in [3.8, 4) is 0 Å². The van der Waals surface area contributed by atoms with Crippen molar-refractivity contribution in [2.45, 2.75) is 24.5 Å². The first-order valence-electron chi connectivity index (χ1n) is 7.97. The van der Waals surface area contributed by atoms with E-state index >= 15 is 0 Å². The largest absolute Gasteiger partial charge is 0.442 e. The number of anilines is 1. The van der Waals surface area contributed by atoms with Gasteiger partial charge in [0.25, 0.3) is 5.54 Å². The Morgan fingerprint density at radius 1 is 1.44 bits per heavy atom.